The number of thioether (sulfide) groups is 1. The number of ether oxygens (including phenoxy) is 1. The summed E-state index contributed by atoms with van der Waals surface area (Å²) in [6.45, 7) is 0. The molecule has 1 heterocycles. The van der Waals surface area contributed by atoms with Crippen LogP contribution in [0, 0.1) is 5.82 Å². The van der Waals surface area contributed by atoms with Crippen molar-refractivity contribution in [1.82, 2.24) is 15.2 Å². The van der Waals surface area contributed by atoms with Crippen molar-refractivity contribution in [2.45, 2.75) is 10.4 Å². The molecule has 5 nitrogen and oxygen atoms in total. The number of aromatic amines is 1. The van der Waals surface area contributed by atoms with Gasteiger partial charge in [0.15, 0.2) is 5.16 Å². The topological polar surface area (TPSA) is 67.9 Å². The van der Waals surface area contributed by atoms with Crippen LogP contribution in [-0.4, -0.2) is 28.3 Å². The van der Waals surface area contributed by atoms with Crippen molar-refractivity contribution < 1.29 is 13.9 Å². The third-order valence-corrected chi connectivity index (χ3v) is 3.71. The van der Waals surface area contributed by atoms with E-state index in [1.807, 2.05) is 0 Å². The molecule has 0 fully saturated rings. The molecule has 1 aromatic heterocycles. The lowest BCUT2D eigenvalue weighted by Crippen LogP contribution is -2.13. The summed E-state index contributed by atoms with van der Waals surface area (Å²) in [5.41, 5.74) is 0.0671. The first-order valence-corrected chi connectivity index (χ1v) is 6.43. The Morgan fingerprint density at radius 1 is 1.58 bits per heavy atom. The Morgan fingerprint density at radius 2 is 2.37 bits per heavy atom. The first-order chi connectivity index (χ1) is 9.13. The van der Waals surface area contributed by atoms with Crippen LogP contribution in [0.4, 0.5) is 4.39 Å². The number of nitrogens with one attached hydrogen (secondary N) is 1. The van der Waals surface area contributed by atoms with Gasteiger partial charge in [-0.15, -0.1) is 0 Å². The van der Waals surface area contributed by atoms with Gasteiger partial charge in [0.05, 0.1) is 7.11 Å². The van der Waals surface area contributed by atoms with E-state index in [0.717, 1.165) is 11.8 Å². The van der Waals surface area contributed by atoms with Crippen molar-refractivity contribution in [3.8, 4) is 0 Å². The standard InChI is InChI=1S/C11H9ClFN3O2S/c1-18-10(17)9(19-11-14-5-15-16-11)8-6(12)3-2-4-7(8)13/h2-5,9H,1H3,(H,14,15,16)/t9-/m1/s1. The summed E-state index contributed by atoms with van der Waals surface area (Å²) in [5, 5.41) is 5.82. The van der Waals surface area contributed by atoms with Crippen molar-refractivity contribution in [2.75, 3.05) is 7.11 Å². The highest BCUT2D eigenvalue weighted by Gasteiger charge is 2.29. The number of halogens is 2. The second-order valence-electron chi connectivity index (χ2n) is 3.45. The van der Waals surface area contributed by atoms with Crippen molar-refractivity contribution in [1.29, 1.82) is 0 Å². The summed E-state index contributed by atoms with van der Waals surface area (Å²) in [7, 11) is 1.23. The molecule has 0 spiro atoms. The van der Waals surface area contributed by atoms with Gasteiger partial charge in [0, 0.05) is 10.6 Å². The Morgan fingerprint density at radius 3 is 2.95 bits per heavy atom. The number of H-pyrrole nitrogens is 1. The maximum atomic E-state index is 13.9. The van der Waals surface area contributed by atoms with E-state index in [9.17, 15) is 9.18 Å². The molecule has 0 unspecified atom stereocenters. The molecule has 100 valence electrons. The molecule has 0 saturated heterocycles. The minimum absolute atomic E-state index is 0.0671. The number of hydrogen-bond donors (Lipinski definition) is 1. The van der Waals surface area contributed by atoms with E-state index >= 15 is 0 Å². The van der Waals surface area contributed by atoms with E-state index in [1.165, 1.54) is 31.6 Å². The molecule has 8 heteroatoms. The van der Waals surface area contributed by atoms with E-state index in [-0.39, 0.29) is 10.6 Å². The summed E-state index contributed by atoms with van der Waals surface area (Å²) in [4.78, 5) is 15.7. The summed E-state index contributed by atoms with van der Waals surface area (Å²) in [6, 6.07) is 4.21. The highest BCUT2D eigenvalue weighted by Crippen LogP contribution is 2.38. The van der Waals surface area contributed by atoms with E-state index in [0.29, 0.717) is 5.16 Å². The molecular weight excluding hydrogens is 293 g/mol. The summed E-state index contributed by atoms with van der Waals surface area (Å²) < 4.78 is 18.6. The minimum Gasteiger partial charge on any atom is -0.468 e. The Bertz CT molecular complexity index is 559. The number of esters is 1. The molecule has 0 bridgehead atoms. The van der Waals surface area contributed by atoms with Crippen molar-refractivity contribution in [3.63, 3.8) is 0 Å². The van der Waals surface area contributed by atoms with E-state index in [1.54, 1.807) is 0 Å². The van der Waals surface area contributed by atoms with Crippen molar-refractivity contribution in [3.05, 3.63) is 40.9 Å². The Kier molecular flexibility index (Phi) is 4.39. The first kappa shape index (κ1) is 13.8. The SMILES string of the molecule is COC(=O)[C@H](Sc1ncn[nH]1)c1c(F)cccc1Cl. The molecule has 0 saturated carbocycles. The number of methoxy groups -OCH3 is 1. The zero-order valence-electron chi connectivity index (χ0n) is 9.76. The predicted molar refractivity (Wildman–Crippen MR) is 68.4 cm³/mol. The zero-order valence-corrected chi connectivity index (χ0v) is 11.3. The minimum atomic E-state index is -0.952. The lowest BCUT2D eigenvalue weighted by molar-refractivity contribution is -0.140. The number of carbonyl (C=O) groups excluding carboxylic acids is 1. The van der Waals surface area contributed by atoms with Crippen LogP contribution in [0.25, 0.3) is 0 Å². The second-order valence-corrected chi connectivity index (χ2v) is 4.95. The fraction of sp³-hybridized carbons (Fsp3) is 0.182. The summed E-state index contributed by atoms with van der Waals surface area (Å²) in [5.74, 6) is -1.19. The molecule has 19 heavy (non-hydrogen) atoms. The molecule has 2 aromatic rings. The molecule has 2 rings (SSSR count). The quantitative estimate of drug-likeness (QED) is 0.694. The predicted octanol–water partition coefficient (Wildman–Crippen LogP) is 2.60. The Hall–Kier alpha value is -1.60. The van der Waals surface area contributed by atoms with Crippen molar-refractivity contribution in [2.24, 2.45) is 0 Å². The average molecular weight is 302 g/mol. The fourth-order valence-corrected chi connectivity index (χ4v) is 2.78. The van der Waals surface area contributed by atoms with Gasteiger partial charge in [0.25, 0.3) is 0 Å². The highest BCUT2D eigenvalue weighted by molar-refractivity contribution is 8.00. The molecule has 0 amide bonds. The molecule has 1 N–H and O–H groups in total. The van der Waals surface area contributed by atoms with Gasteiger partial charge in [-0.1, -0.05) is 29.4 Å². The van der Waals surface area contributed by atoms with Gasteiger partial charge in [-0.05, 0) is 12.1 Å². The maximum absolute atomic E-state index is 13.9. The molecule has 0 radical (unpaired) electrons. The number of benzene rings is 1. The van der Waals surface area contributed by atoms with Crippen LogP contribution in [-0.2, 0) is 9.53 Å². The van der Waals surface area contributed by atoms with E-state index in [2.05, 4.69) is 19.9 Å². The smallest absolute Gasteiger partial charge is 0.323 e. The molecule has 0 aliphatic heterocycles. The largest absolute Gasteiger partial charge is 0.468 e. The number of aromatic nitrogens is 3. The zero-order chi connectivity index (χ0) is 13.8. The number of carbonyl (C=O) groups is 1. The normalized spacial score (nSPS) is 12.2. The summed E-state index contributed by atoms with van der Waals surface area (Å²) >= 11 is 6.94. The molecular formula is C11H9ClFN3O2S. The molecule has 0 aliphatic carbocycles. The van der Waals surface area contributed by atoms with Gasteiger partial charge >= 0.3 is 5.97 Å². The Labute approximate surface area is 117 Å². The third kappa shape index (κ3) is 3.05. The van der Waals surface area contributed by atoms with Crippen LogP contribution in [0.3, 0.4) is 0 Å². The summed E-state index contributed by atoms with van der Waals surface area (Å²) in [6.07, 6.45) is 1.29. The number of nitrogens with zero attached hydrogens (tertiary/aromatic N) is 2. The van der Waals surface area contributed by atoms with Crippen molar-refractivity contribution >= 4 is 29.3 Å². The highest BCUT2D eigenvalue weighted by atomic mass is 35.5. The van der Waals surface area contributed by atoms with Crippen LogP contribution in [0.5, 0.6) is 0 Å². The number of hydrogen-bond acceptors (Lipinski definition) is 5. The van der Waals surface area contributed by atoms with E-state index < -0.39 is 17.0 Å². The van der Waals surface area contributed by atoms with Gasteiger partial charge in [0.1, 0.15) is 17.4 Å². The van der Waals surface area contributed by atoms with Crippen LogP contribution in [0.15, 0.2) is 29.7 Å². The van der Waals surface area contributed by atoms with Gasteiger partial charge in [0.2, 0.25) is 0 Å². The van der Waals surface area contributed by atoms with Crippen LogP contribution < -0.4 is 0 Å². The van der Waals surface area contributed by atoms with Gasteiger partial charge < -0.3 is 4.74 Å². The lowest BCUT2D eigenvalue weighted by Gasteiger charge is -2.15. The fourth-order valence-electron chi connectivity index (χ4n) is 1.46. The van der Waals surface area contributed by atoms with Gasteiger partial charge in [-0.2, -0.15) is 5.10 Å². The second kappa shape index (κ2) is 6.03. The monoisotopic (exact) mass is 301 g/mol. The van der Waals surface area contributed by atoms with Crippen LogP contribution in [0.1, 0.15) is 10.8 Å². The lowest BCUT2D eigenvalue weighted by atomic mass is 10.1. The van der Waals surface area contributed by atoms with Crippen LogP contribution >= 0.6 is 23.4 Å². The molecule has 1 atom stereocenters. The molecule has 0 aliphatic rings. The van der Waals surface area contributed by atoms with E-state index in [4.69, 9.17) is 11.6 Å². The van der Waals surface area contributed by atoms with Gasteiger partial charge in [-0.3, -0.25) is 9.89 Å². The molecule has 1 aromatic carbocycles. The first-order valence-electron chi connectivity index (χ1n) is 5.17. The average Bonchev–Trinajstić information content (AvgIpc) is 2.89. The third-order valence-electron chi connectivity index (χ3n) is 2.30. The maximum Gasteiger partial charge on any atom is 0.323 e. The van der Waals surface area contributed by atoms with Crippen LogP contribution in [0.2, 0.25) is 5.02 Å². The Balaban J connectivity index is 2.40. The van der Waals surface area contributed by atoms with Gasteiger partial charge in [-0.25, -0.2) is 9.37 Å². The number of rotatable bonds is 4.